The number of hydrogen-bond donors (Lipinski definition) is 2. The van der Waals surface area contributed by atoms with E-state index in [0.29, 0.717) is 17.9 Å². The lowest BCUT2D eigenvalue weighted by molar-refractivity contribution is 0.0944. The smallest absolute Gasteiger partial charge is 0.192 e. The normalized spacial score (nSPS) is 16.4. The Morgan fingerprint density at radius 3 is 2.24 bits per heavy atom. The summed E-state index contributed by atoms with van der Waals surface area (Å²) in [5.41, 5.74) is 1.11. The molecule has 1 aromatic rings. The van der Waals surface area contributed by atoms with E-state index in [4.69, 9.17) is 4.43 Å². The first kappa shape index (κ1) is 26.0. The maximum atomic E-state index is 12.3. The van der Waals surface area contributed by atoms with E-state index in [0.717, 1.165) is 5.56 Å². The molecule has 4 nitrogen and oxygen atoms in total. The molecule has 0 amide bonds. The summed E-state index contributed by atoms with van der Waals surface area (Å²) in [4.78, 5) is 0.703. The van der Waals surface area contributed by atoms with Crippen molar-refractivity contribution >= 4 is 19.1 Å². The Bertz CT molecular complexity index is 690. The van der Waals surface area contributed by atoms with Crippen molar-refractivity contribution in [1.29, 1.82) is 0 Å². The van der Waals surface area contributed by atoms with E-state index in [2.05, 4.69) is 33.9 Å². The highest BCUT2D eigenvalue weighted by Crippen LogP contribution is 2.36. The molecule has 0 aliphatic carbocycles. The summed E-state index contributed by atoms with van der Waals surface area (Å²) in [5.74, 6) is 0.133. The summed E-state index contributed by atoms with van der Waals surface area (Å²) in [6.45, 7) is 13.7. The van der Waals surface area contributed by atoms with Crippen LogP contribution in [0.3, 0.4) is 0 Å². The van der Waals surface area contributed by atoms with Crippen molar-refractivity contribution < 1.29 is 18.8 Å². The van der Waals surface area contributed by atoms with Gasteiger partial charge >= 0.3 is 0 Å². The molecule has 0 aliphatic heterocycles. The van der Waals surface area contributed by atoms with E-state index in [1.165, 1.54) is 0 Å². The van der Waals surface area contributed by atoms with Crippen LogP contribution in [0, 0.1) is 6.92 Å². The van der Waals surface area contributed by atoms with Crippen LogP contribution in [0.15, 0.2) is 53.5 Å². The van der Waals surface area contributed by atoms with E-state index in [-0.39, 0.29) is 17.2 Å². The van der Waals surface area contributed by atoms with Crippen LogP contribution in [0.5, 0.6) is 0 Å². The average Bonchev–Trinajstić information content (AvgIpc) is 2.60. The van der Waals surface area contributed by atoms with Gasteiger partial charge in [-0.1, -0.05) is 62.8 Å². The first-order chi connectivity index (χ1) is 13.4. The molecule has 0 aliphatic rings. The first-order valence-electron chi connectivity index (χ1n) is 10.2. The quantitative estimate of drug-likeness (QED) is 0.387. The van der Waals surface area contributed by atoms with E-state index in [9.17, 15) is 14.4 Å². The fourth-order valence-corrected chi connectivity index (χ4v) is 4.42. The highest BCUT2D eigenvalue weighted by Gasteiger charge is 2.36. The van der Waals surface area contributed by atoms with E-state index >= 15 is 0 Å². The molecule has 29 heavy (non-hydrogen) atoms. The Morgan fingerprint density at radius 2 is 1.66 bits per heavy atom. The van der Waals surface area contributed by atoms with Crippen molar-refractivity contribution in [3.63, 3.8) is 0 Å². The zero-order chi connectivity index (χ0) is 22.1. The minimum Gasteiger partial charge on any atom is -0.413 e. The summed E-state index contributed by atoms with van der Waals surface area (Å²) < 4.78 is 18.3. The topological polar surface area (TPSA) is 66.8 Å². The molecule has 0 aromatic heterocycles. The summed E-state index contributed by atoms with van der Waals surface area (Å²) in [7, 11) is -2.98. The Labute approximate surface area is 180 Å². The molecule has 0 radical (unpaired) electrons. The Balaban J connectivity index is 2.30. The van der Waals surface area contributed by atoms with Gasteiger partial charge in [0.15, 0.2) is 8.32 Å². The zero-order valence-corrected chi connectivity index (χ0v) is 20.5. The molecule has 1 aromatic carbocycles. The van der Waals surface area contributed by atoms with Crippen molar-refractivity contribution in [3.8, 4) is 0 Å². The third kappa shape index (κ3) is 10.0. The number of benzene rings is 1. The monoisotopic (exact) mass is 438 g/mol. The predicted molar refractivity (Wildman–Crippen MR) is 125 cm³/mol. The van der Waals surface area contributed by atoms with E-state index in [1.807, 2.05) is 55.5 Å². The van der Waals surface area contributed by atoms with Crippen LogP contribution in [0.25, 0.3) is 0 Å². The van der Waals surface area contributed by atoms with Gasteiger partial charge in [0.25, 0.3) is 0 Å². The van der Waals surface area contributed by atoms with Gasteiger partial charge in [0.05, 0.1) is 35.4 Å². The summed E-state index contributed by atoms with van der Waals surface area (Å²) in [5, 5.41) is 20.4. The molecular weight excluding hydrogens is 400 g/mol. The lowest BCUT2D eigenvalue weighted by Gasteiger charge is -2.35. The van der Waals surface area contributed by atoms with Crippen molar-refractivity contribution in [1.82, 2.24) is 0 Å². The van der Waals surface area contributed by atoms with E-state index < -0.39 is 31.3 Å². The van der Waals surface area contributed by atoms with Crippen LogP contribution in [0.2, 0.25) is 18.1 Å². The van der Waals surface area contributed by atoms with Crippen LogP contribution < -0.4 is 0 Å². The van der Waals surface area contributed by atoms with Gasteiger partial charge in [-0.3, -0.25) is 4.21 Å². The molecule has 0 heterocycles. The van der Waals surface area contributed by atoms with Crippen molar-refractivity contribution in [2.45, 2.75) is 75.8 Å². The summed E-state index contributed by atoms with van der Waals surface area (Å²) in [6.07, 6.45) is 6.85. The van der Waals surface area contributed by atoms with Gasteiger partial charge in [-0.2, -0.15) is 0 Å². The molecule has 6 heteroatoms. The second-order valence-corrected chi connectivity index (χ2v) is 15.3. The maximum absolute atomic E-state index is 12.3. The summed E-state index contributed by atoms with van der Waals surface area (Å²) in [6, 6.07) is 7.45. The van der Waals surface area contributed by atoms with Gasteiger partial charge in [-0.25, -0.2) is 0 Å². The van der Waals surface area contributed by atoms with Gasteiger partial charge in [-0.05, 0) is 43.6 Å². The second-order valence-electron chi connectivity index (χ2n) is 9.03. The maximum Gasteiger partial charge on any atom is 0.192 e. The van der Waals surface area contributed by atoms with Crippen LogP contribution >= 0.6 is 0 Å². The average molecular weight is 439 g/mol. The lowest BCUT2D eigenvalue weighted by atomic mass is 10.1. The Kier molecular flexibility index (Phi) is 10.7. The van der Waals surface area contributed by atoms with Gasteiger partial charge < -0.3 is 14.6 Å². The molecule has 2 N–H and O–H groups in total. The molecule has 0 fully saturated rings. The van der Waals surface area contributed by atoms with Crippen molar-refractivity contribution in [2.75, 3.05) is 12.4 Å². The van der Waals surface area contributed by atoms with Crippen LogP contribution in [0.1, 0.15) is 39.2 Å². The van der Waals surface area contributed by atoms with Gasteiger partial charge in [0.2, 0.25) is 0 Å². The minimum absolute atomic E-state index is 0.133. The molecule has 0 saturated carbocycles. The SMILES string of the molecule is Cc1ccc([S@](=O)C[C@H](O)C[C@@H](O)C/C=C\C=C\CO[Si](C)(C)C(C)(C)C)cc1. The number of aliphatic hydroxyl groups excluding tert-OH is 2. The minimum atomic E-state index is -1.72. The Morgan fingerprint density at radius 1 is 1.07 bits per heavy atom. The van der Waals surface area contributed by atoms with Crippen LogP contribution in [0.4, 0.5) is 0 Å². The number of allylic oxidation sites excluding steroid dienone is 2. The number of aliphatic hydroxyl groups is 2. The largest absolute Gasteiger partial charge is 0.413 e. The third-order valence-electron chi connectivity index (χ3n) is 5.31. The van der Waals surface area contributed by atoms with Gasteiger partial charge in [0.1, 0.15) is 0 Å². The Hall–Kier alpha value is -1.05. The molecule has 0 bridgehead atoms. The predicted octanol–water partition coefficient (Wildman–Crippen LogP) is 4.74. The van der Waals surface area contributed by atoms with Crippen molar-refractivity contribution in [3.05, 3.63) is 54.1 Å². The standard InChI is InChI=1S/C23H38O4SSi/c1-19-12-14-22(15-13-19)28(26)18-21(25)17-20(24)11-9-7-8-10-16-27-29(5,6)23(2,3)4/h7-10,12-15,20-21,24-25H,11,16-18H2,1-6H3/b9-7-,10-8+/t20-,21+,28+/m0/s1. The number of hydrogen-bond acceptors (Lipinski definition) is 4. The van der Waals surface area contributed by atoms with Gasteiger partial charge in [-0.15, -0.1) is 0 Å². The first-order valence-corrected chi connectivity index (χ1v) is 14.4. The highest BCUT2D eigenvalue weighted by molar-refractivity contribution is 7.85. The van der Waals surface area contributed by atoms with Crippen LogP contribution in [-0.2, 0) is 15.2 Å². The third-order valence-corrected chi connectivity index (χ3v) is 11.3. The fourth-order valence-electron chi connectivity index (χ4n) is 2.36. The molecule has 164 valence electrons. The zero-order valence-electron chi connectivity index (χ0n) is 18.7. The number of aryl methyl sites for hydroxylation is 1. The van der Waals surface area contributed by atoms with Crippen molar-refractivity contribution in [2.24, 2.45) is 0 Å². The fraction of sp³-hybridized carbons (Fsp3) is 0.565. The molecule has 0 saturated heterocycles. The summed E-state index contributed by atoms with van der Waals surface area (Å²) >= 11 is 0. The lowest BCUT2D eigenvalue weighted by Crippen LogP contribution is -2.40. The van der Waals surface area contributed by atoms with E-state index in [1.54, 1.807) is 0 Å². The second kappa shape index (κ2) is 12.0. The van der Waals surface area contributed by atoms with Gasteiger partial charge in [0, 0.05) is 11.3 Å². The molecule has 3 atom stereocenters. The molecule has 0 spiro atoms. The van der Waals surface area contributed by atoms with Crippen LogP contribution in [-0.4, -0.2) is 47.3 Å². The molecule has 0 unspecified atom stereocenters. The highest BCUT2D eigenvalue weighted by atomic mass is 32.2. The number of rotatable bonds is 11. The molecule has 1 rings (SSSR count). The molecular formula is C23H38O4SSi.